The summed E-state index contributed by atoms with van der Waals surface area (Å²) in [7, 11) is 3.35. The Hall–Kier alpha value is -3.85. The molecule has 2 aromatic carbocycles. The predicted octanol–water partition coefficient (Wildman–Crippen LogP) is 4.10. The number of carboxylic acid groups (broad SMARTS) is 1. The fourth-order valence-electron chi connectivity index (χ4n) is 3.54. The third-order valence-electron chi connectivity index (χ3n) is 5.03. The first kappa shape index (κ1) is 19.9. The van der Waals surface area contributed by atoms with E-state index in [9.17, 15) is 20.0 Å². The van der Waals surface area contributed by atoms with Crippen LogP contribution in [0.15, 0.2) is 54.6 Å². The molecule has 0 aliphatic rings. The van der Waals surface area contributed by atoms with Crippen molar-refractivity contribution >= 4 is 17.6 Å². The second-order valence-corrected chi connectivity index (χ2v) is 6.65. The number of benzene rings is 2. The summed E-state index contributed by atoms with van der Waals surface area (Å²) in [6, 6.07) is 18.1. The molecule has 1 N–H and O–H groups in total. The van der Waals surface area contributed by atoms with Gasteiger partial charge in [0.1, 0.15) is 11.8 Å². The van der Waals surface area contributed by atoms with Crippen molar-refractivity contribution in [3.63, 3.8) is 0 Å². The molecule has 0 unspecified atom stereocenters. The van der Waals surface area contributed by atoms with E-state index in [1.54, 1.807) is 47.8 Å². The highest BCUT2D eigenvalue weighted by molar-refractivity contribution is 6.06. The second-order valence-electron chi connectivity index (χ2n) is 6.65. The number of aromatic nitrogens is 1. The number of aromatic carboxylic acids is 1. The largest absolute Gasteiger partial charge is 0.477 e. The number of nitriles is 1. The highest BCUT2D eigenvalue weighted by Crippen LogP contribution is 2.33. The van der Waals surface area contributed by atoms with Gasteiger partial charge in [0.25, 0.3) is 5.91 Å². The van der Waals surface area contributed by atoms with Crippen molar-refractivity contribution in [2.24, 2.45) is 7.05 Å². The Bertz CT molecular complexity index is 1110. The zero-order chi connectivity index (χ0) is 21.1. The molecule has 0 saturated heterocycles. The number of carbonyl (C=O) groups excluding carboxylic acids is 1. The fraction of sp³-hybridized carbons (Fsp3) is 0.174. The third-order valence-corrected chi connectivity index (χ3v) is 5.03. The molecule has 0 spiro atoms. The quantitative estimate of drug-likeness (QED) is 0.714. The van der Waals surface area contributed by atoms with Crippen LogP contribution in [0.25, 0.3) is 11.1 Å². The minimum absolute atomic E-state index is 0.0684. The smallest absolute Gasteiger partial charge is 0.353 e. The zero-order valence-corrected chi connectivity index (χ0v) is 16.5. The van der Waals surface area contributed by atoms with Crippen LogP contribution in [0, 0.1) is 11.3 Å². The summed E-state index contributed by atoms with van der Waals surface area (Å²) in [5.41, 5.74) is 3.32. The van der Waals surface area contributed by atoms with Gasteiger partial charge in [-0.2, -0.15) is 5.26 Å². The molecule has 1 aromatic heterocycles. The maximum atomic E-state index is 12.8. The van der Waals surface area contributed by atoms with Gasteiger partial charge in [-0.1, -0.05) is 37.3 Å². The molecule has 3 rings (SSSR count). The van der Waals surface area contributed by atoms with Crippen LogP contribution >= 0.6 is 0 Å². The van der Waals surface area contributed by atoms with Crippen LogP contribution in [0.4, 0.5) is 5.69 Å². The molecule has 6 nitrogen and oxygen atoms in total. The van der Waals surface area contributed by atoms with E-state index in [2.05, 4.69) is 6.07 Å². The number of amides is 1. The predicted molar refractivity (Wildman–Crippen MR) is 111 cm³/mol. The summed E-state index contributed by atoms with van der Waals surface area (Å²) in [4.78, 5) is 26.2. The van der Waals surface area contributed by atoms with E-state index in [0.29, 0.717) is 34.4 Å². The van der Waals surface area contributed by atoms with Gasteiger partial charge in [-0.05, 0) is 36.2 Å². The first-order valence-corrected chi connectivity index (χ1v) is 9.19. The summed E-state index contributed by atoms with van der Waals surface area (Å²) in [6.07, 6.45) is 0.540. The van der Waals surface area contributed by atoms with E-state index in [0.717, 1.165) is 5.69 Å². The van der Waals surface area contributed by atoms with Crippen molar-refractivity contribution in [3.8, 4) is 17.2 Å². The molecule has 6 heteroatoms. The standard InChI is InChI=1S/C23H21N3O3/c1-4-19-18(14-24)20(21(23(28)29)26(19)3)15-10-12-16(13-11-15)22(27)25(2)17-8-6-5-7-9-17/h5-13H,4H2,1-3H3,(H,28,29). The van der Waals surface area contributed by atoms with E-state index in [-0.39, 0.29) is 11.6 Å². The molecule has 0 radical (unpaired) electrons. The summed E-state index contributed by atoms with van der Waals surface area (Å²) in [5, 5.41) is 19.3. The van der Waals surface area contributed by atoms with Crippen molar-refractivity contribution in [1.82, 2.24) is 4.57 Å². The molecule has 1 heterocycles. The van der Waals surface area contributed by atoms with Crippen LogP contribution < -0.4 is 4.90 Å². The molecule has 146 valence electrons. The van der Waals surface area contributed by atoms with E-state index < -0.39 is 5.97 Å². The first-order valence-electron chi connectivity index (χ1n) is 9.19. The topological polar surface area (TPSA) is 86.3 Å². The Kier molecular flexibility index (Phi) is 5.51. The molecule has 0 bridgehead atoms. The summed E-state index contributed by atoms with van der Waals surface area (Å²) >= 11 is 0. The number of nitrogens with zero attached hydrogens (tertiary/aromatic N) is 3. The molecule has 1 amide bonds. The highest BCUT2D eigenvalue weighted by Gasteiger charge is 2.25. The van der Waals surface area contributed by atoms with E-state index in [1.807, 2.05) is 37.3 Å². The lowest BCUT2D eigenvalue weighted by Gasteiger charge is -2.17. The molecular formula is C23H21N3O3. The van der Waals surface area contributed by atoms with Crippen LogP contribution in [0.2, 0.25) is 0 Å². The van der Waals surface area contributed by atoms with Crippen LogP contribution in [-0.4, -0.2) is 28.6 Å². The van der Waals surface area contributed by atoms with Gasteiger partial charge in [0, 0.05) is 36.6 Å². The maximum Gasteiger partial charge on any atom is 0.353 e. The number of anilines is 1. The van der Waals surface area contributed by atoms with Gasteiger partial charge in [0.05, 0.1) is 5.56 Å². The summed E-state index contributed by atoms with van der Waals surface area (Å²) < 4.78 is 1.55. The summed E-state index contributed by atoms with van der Waals surface area (Å²) in [6.45, 7) is 1.88. The minimum Gasteiger partial charge on any atom is -0.477 e. The van der Waals surface area contributed by atoms with Gasteiger partial charge in [-0.25, -0.2) is 4.79 Å². The second kappa shape index (κ2) is 8.03. The number of hydrogen-bond acceptors (Lipinski definition) is 3. The van der Waals surface area contributed by atoms with Gasteiger partial charge < -0.3 is 14.6 Å². The SMILES string of the molecule is CCc1c(C#N)c(-c2ccc(C(=O)N(C)c3ccccc3)cc2)c(C(=O)O)n1C. The molecule has 0 fully saturated rings. The average Bonchev–Trinajstić information content (AvgIpc) is 3.04. The van der Waals surface area contributed by atoms with E-state index >= 15 is 0 Å². The molecule has 0 aliphatic heterocycles. The number of rotatable bonds is 5. The Morgan fingerprint density at radius 3 is 2.24 bits per heavy atom. The molecule has 3 aromatic rings. The number of carboxylic acids is 1. The van der Waals surface area contributed by atoms with E-state index in [1.165, 1.54) is 0 Å². The maximum absolute atomic E-state index is 12.8. The van der Waals surface area contributed by atoms with Crippen LogP contribution in [0.5, 0.6) is 0 Å². The molecule has 29 heavy (non-hydrogen) atoms. The Morgan fingerprint density at radius 1 is 1.10 bits per heavy atom. The van der Waals surface area contributed by atoms with Gasteiger partial charge in [-0.15, -0.1) is 0 Å². The normalized spacial score (nSPS) is 10.4. The number of hydrogen-bond donors (Lipinski definition) is 1. The van der Waals surface area contributed by atoms with Crippen molar-refractivity contribution in [2.75, 3.05) is 11.9 Å². The number of carbonyl (C=O) groups is 2. The monoisotopic (exact) mass is 387 g/mol. The molecular weight excluding hydrogens is 366 g/mol. The zero-order valence-electron chi connectivity index (χ0n) is 16.5. The Morgan fingerprint density at radius 2 is 1.72 bits per heavy atom. The van der Waals surface area contributed by atoms with Crippen LogP contribution in [0.1, 0.15) is 39.0 Å². The van der Waals surface area contributed by atoms with Crippen LogP contribution in [0.3, 0.4) is 0 Å². The minimum atomic E-state index is -1.09. The lowest BCUT2D eigenvalue weighted by atomic mass is 9.98. The van der Waals surface area contributed by atoms with E-state index in [4.69, 9.17) is 0 Å². The lowest BCUT2D eigenvalue weighted by Crippen LogP contribution is -2.26. The van der Waals surface area contributed by atoms with Crippen molar-refractivity contribution < 1.29 is 14.7 Å². The van der Waals surface area contributed by atoms with Gasteiger partial charge in [0.15, 0.2) is 0 Å². The first-order chi connectivity index (χ1) is 13.9. The number of para-hydroxylation sites is 1. The highest BCUT2D eigenvalue weighted by atomic mass is 16.4. The van der Waals surface area contributed by atoms with Crippen molar-refractivity contribution in [3.05, 3.63) is 77.1 Å². The fourth-order valence-corrected chi connectivity index (χ4v) is 3.54. The third kappa shape index (κ3) is 3.50. The van der Waals surface area contributed by atoms with Gasteiger partial charge in [0.2, 0.25) is 0 Å². The average molecular weight is 387 g/mol. The van der Waals surface area contributed by atoms with Crippen molar-refractivity contribution in [1.29, 1.82) is 5.26 Å². The Balaban J connectivity index is 2.03. The Labute approximate surface area is 169 Å². The molecule has 0 atom stereocenters. The van der Waals surface area contributed by atoms with Gasteiger partial charge >= 0.3 is 5.97 Å². The molecule has 0 saturated carbocycles. The van der Waals surface area contributed by atoms with Crippen LogP contribution in [-0.2, 0) is 13.5 Å². The van der Waals surface area contributed by atoms with Gasteiger partial charge in [-0.3, -0.25) is 4.79 Å². The molecule has 0 aliphatic carbocycles. The van der Waals surface area contributed by atoms with Crippen molar-refractivity contribution in [2.45, 2.75) is 13.3 Å². The lowest BCUT2D eigenvalue weighted by molar-refractivity contribution is 0.0687. The summed E-state index contributed by atoms with van der Waals surface area (Å²) in [5.74, 6) is -1.27.